The number of fused-ring (bicyclic) bond motifs is 3. The summed E-state index contributed by atoms with van der Waals surface area (Å²) in [5.41, 5.74) is 12.7. The van der Waals surface area contributed by atoms with E-state index >= 15 is 0 Å². The quantitative estimate of drug-likeness (QED) is 0.127. The van der Waals surface area contributed by atoms with Gasteiger partial charge in [0.1, 0.15) is 5.84 Å². The molecule has 9 rings (SSSR count). The SMILES string of the molecule is CC(C)(C)c1cc(-c2cccc(-c3ccccc3)c2N2[CH-]N(c3ccccc3)C(c3ccccc3)=N2)cc(C(C)(C)C)c1.[Au].c1ccc2c(c1)[n-]c1ccccc12. The van der Waals surface area contributed by atoms with Gasteiger partial charge in [-0.3, -0.25) is 0 Å². The summed E-state index contributed by atoms with van der Waals surface area (Å²) in [4.78, 5) is 6.70. The number of amidine groups is 1. The van der Waals surface area contributed by atoms with Gasteiger partial charge in [-0.25, -0.2) is 0 Å². The minimum atomic E-state index is 0. The van der Waals surface area contributed by atoms with Crippen LogP contribution >= 0.6 is 0 Å². The molecule has 4 nitrogen and oxygen atoms in total. The number of nitrogens with zero attached hydrogens (tertiary/aromatic N) is 4. The summed E-state index contributed by atoms with van der Waals surface area (Å²) < 4.78 is 0. The van der Waals surface area contributed by atoms with Crippen molar-refractivity contribution in [3.8, 4) is 22.3 Å². The Labute approximate surface area is 353 Å². The minimum Gasteiger partial charge on any atom is -0.657 e. The molecule has 0 N–H and O–H groups in total. The average molecular weight is 926 g/mol. The molecule has 2 heterocycles. The fourth-order valence-electron chi connectivity index (χ4n) is 7.26. The maximum Gasteiger partial charge on any atom is 0.129 e. The molecular weight excluding hydrogens is 878 g/mol. The maximum atomic E-state index is 5.32. The van der Waals surface area contributed by atoms with Crippen molar-refractivity contribution in [1.29, 1.82) is 0 Å². The van der Waals surface area contributed by atoms with Crippen molar-refractivity contribution in [2.24, 2.45) is 5.10 Å². The predicted molar refractivity (Wildman–Crippen MR) is 238 cm³/mol. The Hall–Kier alpha value is -5.65. The van der Waals surface area contributed by atoms with Gasteiger partial charge in [0.25, 0.3) is 0 Å². The molecule has 0 amide bonds. The van der Waals surface area contributed by atoms with Gasteiger partial charge in [0.15, 0.2) is 0 Å². The van der Waals surface area contributed by atoms with Crippen LogP contribution in [0.1, 0.15) is 58.2 Å². The summed E-state index contributed by atoms with van der Waals surface area (Å²) in [6, 6.07) is 61.8. The van der Waals surface area contributed by atoms with E-state index in [1.807, 2.05) is 18.2 Å². The van der Waals surface area contributed by atoms with Crippen molar-refractivity contribution in [1.82, 2.24) is 4.98 Å². The van der Waals surface area contributed by atoms with Gasteiger partial charge in [-0.15, -0.1) is 17.7 Å². The van der Waals surface area contributed by atoms with Crippen LogP contribution in [-0.4, -0.2) is 5.84 Å². The molecule has 0 unspecified atom stereocenters. The van der Waals surface area contributed by atoms with Crippen molar-refractivity contribution in [3.05, 3.63) is 199 Å². The average Bonchev–Trinajstić information content (AvgIpc) is 3.84. The summed E-state index contributed by atoms with van der Waals surface area (Å²) in [5.74, 6) is 0.888. The van der Waals surface area contributed by atoms with Crippen LogP contribution in [0.25, 0.3) is 44.1 Å². The van der Waals surface area contributed by atoms with Crippen LogP contribution in [0.3, 0.4) is 0 Å². The van der Waals surface area contributed by atoms with Crippen LogP contribution in [0.15, 0.2) is 181 Å². The zero-order valence-electron chi connectivity index (χ0n) is 33.4. The third-order valence-corrected chi connectivity index (χ3v) is 10.4. The standard InChI is InChI=1S/C40H40N3.C12H8N.Au/c1-39(2,3)32-25-31(26-33(27-32)40(4,5)6)36-24-16-23-35(29-17-10-7-11-18-29)37(36)43-28-42(34-21-14-9-15-22-34)38(41-43)30-19-12-8-13-20-30;1-3-7-11-9(5-1)10-6-2-4-8-12(10)13-11;/h7-28H,1-6H3;1-8H;/q2*-1;. The summed E-state index contributed by atoms with van der Waals surface area (Å²) >= 11 is 0. The summed E-state index contributed by atoms with van der Waals surface area (Å²) in [6.45, 7) is 15.9. The molecule has 289 valence electrons. The van der Waals surface area contributed by atoms with E-state index in [4.69, 9.17) is 5.10 Å². The zero-order valence-corrected chi connectivity index (χ0v) is 35.6. The van der Waals surface area contributed by atoms with Gasteiger partial charge in [0, 0.05) is 50.4 Å². The van der Waals surface area contributed by atoms with E-state index in [0.29, 0.717) is 0 Å². The monoisotopic (exact) mass is 925 g/mol. The molecule has 8 aromatic rings. The smallest absolute Gasteiger partial charge is 0.129 e. The van der Waals surface area contributed by atoms with E-state index < -0.39 is 0 Å². The van der Waals surface area contributed by atoms with E-state index in [2.05, 4.69) is 221 Å². The first-order valence-corrected chi connectivity index (χ1v) is 19.4. The summed E-state index contributed by atoms with van der Waals surface area (Å²) in [6.07, 6.45) is 0. The summed E-state index contributed by atoms with van der Waals surface area (Å²) in [5, 5.41) is 9.89. The molecular formula is C52H48AuN4-2. The number of benzene rings is 7. The van der Waals surface area contributed by atoms with Crippen molar-refractivity contribution in [3.63, 3.8) is 0 Å². The number of hydrogen-bond donors (Lipinski definition) is 0. The zero-order chi connectivity index (χ0) is 38.9. The van der Waals surface area contributed by atoms with Crippen LogP contribution in [0, 0.1) is 6.67 Å². The first kappa shape index (κ1) is 39.6. The fourth-order valence-corrected chi connectivity index (χ4v) is 7.26. The van der Waals surface area contributed by atoms with E-state index in [1.54, 1.807) is 0 Å². The fraction of sp³-hybridized carbons (Fsp3) is 0.154. The number of anilines is 2. The Kier molecular flexibility index (Phi) is 11.4. The first-order chi connectivity index (χ1) is 27.0. The van der Waals surface area contributed by atoms with E-state index in [-0.39, 0.29) is 33.2 Å². The molecule has 1 aliphatic heterocycles. The molecule has 5 heteroatoms. The third kappa shape index (κ3) is 8.40. The first-order valence-electron chi connectivity index (χ1n) is 19.4. The van der Waals surface area contributed by atoms with Crippen LogP contribution in [0.4, 0.5) is 11.4 Å². The Morgan fingerprint density at radius 2 is 0.930 bits per heavy atom. The van der Waals surface area contributed by atoms with Gasteiger partial charge in [-0.05, 0) is 56.0 Å². The number of para-hydroxylation sites is 4. The van der Waals surface area contributed by atoms with E-state index in [9.17, 15) is 0 Å². The molecule has 0 saturated heterocycles. The van der Waals surface area contributed by atoms with Crippen molar-refractivity contribution in [2.45, 2.75) is 52.4 Å². The third-order valence-electron chi connectivity index (χ3n) is 10.4. The second kappa shape index (κ2) is 16.4. The Morgan fingerprint density at radius 1 is 0.474 bits per heavy atom. The second-order valence-corrected chi connectivity index (χ2v) is 16.5. The molecule has 0 bridgehead atoms. The van der Waals surface area contributed by atoms with Crippen molar-refractivity contribution >= 4 is 39.0 Å². The number of aromatic nitrogens is 1. The van der Waals surface area contributed by atoms with Gasteiger partial charge in [-0.1, -0.05) is 205 Å². The molecule has 0 atom stereocenters. The Morgan fingerprint density at radius 3 is 1.46 bits per heavy atom. The Balaban J connectivity index is 0.000000297. The predicted octanol–water partition coefficient (Wildman–Crippen LogP) is 13.4. The van der Waals surface area contributed by atoms with Crippen LogP contribution in [-0.2, 0) is 33.2 Å². The molecule has 0 saturated carbocycles. The maximum absolute atomic E-state index is 5.32. The Bertz CT molecular complexity index is 2550. The molecule has 1 aliphatic rings. The second-order valence-electron chi connectivity index (χ2n) is 16.5. The topological polar surface area (TPSA) is 32.9 Å². The van der Waals surface area contributed by atoms with E-state index in [1.165, 1.54) is 27.5 Å². The van der Waals surface area contributed by atoms with Crippen LogP contribution in [0.2, 0.25) is 0 Å². The molecule has 57 heavy (non-hydrogen) atoms. The minimum absolute atomic E-state index is 0. The van der Waals surface area contributed by atoms with Crippen molar-refractivity contribution < 1.29 is 22.4 Å². The largest absolute Gasteiger partial charge is 0.657 e. The normalized spacial score (nSPS) is 12.9. The van der Waals surface area contributed by atoms with Crippen LogP contribution < -0.4 is 14.9 Å². The molecule has 0 aliphatic carbocycles. The van der Waals surface area contributed by atoms with E-state index in [0.717, 1.165) is 50.5 Å². The van der Waals surface area contributed by atoms with Gasteiger partial charge in [-0.2, -0.15) is 5.10 Å². The number of hydrazone groups is 1. The number of rotatable bonds is 5. The molecule has 7 aromatic carbocycles. The van der Waals surface area contributed by atoms with Gasteiger partial charge in [0.05, 0.1) is 0 Å². The van der Waals surface area contributed by atoms with Gasteiger partial charge in [0.2, 0.25) is 0 Å². The molecule has 0 fully saturated rings. The number of hydrogen-bond acceptors (Lipinski definition) is 3. The summed E-state index contributed by atoms with van der Waals surface area (Å²) in [7, 11) is 0. The van der Waals surface area contributed by atoms with Crippen LogP contribution in [0.5, 0.6) is 0 Å². The van der Waals surface area contributed by atoms with Gasteiger partial charge < -0.3 is 14.9 Å². The van der Waals surface area contributed by atoms with Crippen molar-refractivity contribution in [2.75, 3.05) is 9.91 Å². The molecule has 1 radical (unpaired) electrons. The molecule has 0 spiro atoms. The molecule has 1 aromatic heterocycles. The van der Waals surface area contributed by atoms with Gasteiger partial charge >= 0.3 is 0 Å².